The molecule has 18 heavy (non-hydrogen) atoms. The molecule has 1 rings (SSSR count). The molecule has 2 N–H and O–H groups in total. The molecule has 0 saturated carbocycles. The topological polar surface area (TPSA) is 26.0 Å². The third kappa shape index (κ3) is 4.04. The minimum absolute atomic E-state index is 0. The molecule has 0 saturated heterocycles. The predicted octanol–water partition coefficient (Wildman–Crippen LogP) is 4.83. The van der Waals surface area contributed by atoms with Gasteiger partial charge in [0.15, 0.2) is 0 Å². The molecule has 2 atom stereocenters. The van der Waals surface area contributed by atoms with Crippen LogP contribution in [0.25, 0.3) is 0 Å². The fraction of sp³-hybridized carbons (Fsp3) is 0.500. The maximum Gasteiger partial charge on any atom is 0.416 e. The van der Waals surface area contributed by atoms with Gasteiger partial charge in [-0.2, -0.15) is 13.2 Å². The standard InChI is InChI=1S/C12H15ClF3N.ClH/c1-3-7(2)11(17)9-6-8(12(14,15)16)4-5-10(9)13;/h4-7,11H,3,17H2,1-2H3;1H/t7?,11-;/m0./s1. The van der Waals surface area contributed by atoms with E-state index in [1.807, 2.05) is 13.8 Å². The van der Waals surface area contributed by atoms with Crippen LogP contribution in [0.2, 0.25) is 5.02 Å². The highest BCUT2D eigenvalue weighted by atomic mass is 35.5. The van der Waals surface area contributed by atoms with Crippen LogP contribution >= 0.6 is 24.0 Å². The van der Waals surface area contributed by atoms with Crippen molar-refractivity contribution in [2.75, 3.05) is 0 Å². The fourth-order valence-electron chi connectivity index (χ4n) is 1.54. The van der Waals surface area contributed by atoms with Crippen molar-refractivity contribution >= 4 is 24.0 Å². The summed E-state index contributed by atoms with van der Waals surface area (Å²) in [5.74, 6) is 0.0796. The van der Waals surface area contributed by atoms with Gasteiger partial charge in [0.05, 0.1) is 5.56 Å². The van der Waals surface area contributed by atoms with Gasteiger partial charge in [0, 0.05) is 11.1 Å². The van der Waals surface area contributed by atoms with Crippen LogP contribution in [0, 0.1) is 5.92 Å². The molecule has 1 aromatic carbocycles. The van der Waals surface area contributed by atoms with E-state index in [1.54, 1.807) is 0 Å². The van der Waals surface area contributed by atoms with Crippen molar-refractivity contribution in [2.45, 2.75) is 32.5 Å². The number of hydrogen-bond acceptors (Lipinski definition) is 1. The van der Waals surface area contributed by atoms with Crippen molar-refractivity contribution in [1.82, 2.24) is 0 Å². The van der Waals surface area contributed by atoms with Crippen LogP contribution < -0.4 is 5.73 Å². The van der Waals surface area contributed by atoms with E-state index in [9.17, 15) is 13.2 Å². The zero-order valence-corrected chi connectivity index (χ0v) is 11.7. The highest BCUT2D eigenvalue weighted by Gasteiger charge is 2.31. The molecule has 0 bridgehead atoms. The SMILES string of the molecule is CCC(C)[C@H](N)c1cc(C(F)(F)F)ccc1Cl.Cl. The van der Waals surface area contributed by atoms with Crippen LogP contribution in [0.15, 0.2) is 18.2 Å². The second-order valence-corrected chi connectivity index (χ2v) is 4.55. The Kier molecular flexibility index (Phi) is 6.47. The summed E-state index contributed by atoms with van der Waals surface area (Å²) in [6.07, 6.45) is -3.58. The average molecular weight is 302 g/mol. The lowest BCUT2D eigenvalue weighted by molar-refractivity contribution is -0.137. The third-order valence-electron chi connectivity index (χ3n) is 2.94. The first-order chi connectivity index (χ1) is 7.77. The second kappa shape index (κ2) is 6.64. The summed E-state index contributed by atoms with van der Waals surface area (Å²) in [6, 6.07) is 2.78. The van der Waals surface area contributed by atoms with Crippen molar-refractivity contribution in [3.05, 3.63) is 34.3 Å². The number of rotatable bonds is 3. The molecule has 1 nitrogen and oxygen atoms in total. The quantitative estimate of drug-likeness (QED) is 0.850. The van der Waals surface area contributed by atoms with Gasteiger partial charge in [0.1, 0.15) is 0 Å². The molecule has 0 radical (unpaired) electrons. The smallest absolute Gasteiger partial charge is 0.324 e. The highest BCUT2D eigenvalue weighted by Crippen LogP contribution is 2.35. The minimum Gasteiger partial charge on any atom is -0.324 e. The molecule has 0 spiro atoms. The lowest BCUT2D eigenvalue weighted by Crippen LogP contribution is -2.20. The Bertz CT molecular complexity index is 393. The Labute approximate surface area is 116 Å². The third-order valence-corrected chi connectivity index (χ3v) is 3.28. The zero-order chi connectivity index (χ0) is 13.2. The van der Waals surface area contributed by atoms with E-state index in [0.717, 1.165) is 18.6 Å². The highest BCUT2D eigenvalue weighted by molar-refractivity contribution is 6.31. The van der Waals surface area contributed by atoms with Crippen molar-refractivity contribution < 1.29 is 13.2 Å². The van der Waals surface area contributed by atoms with Gasteiger partial charge < -0.3 is 5.73 Å². The van der Waals surface area contributed by atoms with Crippen LogP contribution in [-0.2, 0) is 6.18 Å². The molecule has 1 aromatic rings. The molecule has 0 aliphatic heterocycles. The Balaban J connectivity index is 0.00000289. The van der Waals surface area contributed by atoms with E-state index in [1.165, 1.54) is 6.07 Å². The molecule has 104 valence electrons. The van der Waals surface area contributed by atoms with Crippen molar-refractivity contribution in [3.63, 3.8) is 0 Å². The normalized spacial score (nSPS) is 14.8. The molecule has 0 fully saturated rings. The number of benzene rings is 1. The molecule has 6 heteroatoms. The summed E-state index contributed by atoms with van der Waals surface area (Å²) in [7, 11) is 0. The van der Waals surface area contributed by atoms with Crippen LogP contribution in [0.3, 0.4) is 0 Å². The van der Waals surface area contributed by atoms with Crippen LogP contribution in [-0.4, -0.2) is 0 Å². The summed E-state index contributed by atoms with van der Waals surface area (Å²) in [6.45, 7) is 3.83. The summed E-state index contributed by atoms with van der Waals surface area (Å²) in [4.78, 5) is 0. The molecule has 0 amide bonds. The van der Waals surface area contributed by atoms with Crippen LogP contribution in [0.4, 0.5) is 13.2 Å². The number of nitrogens with two attached hydrogens (primary N) is 1. The van der Waals surface area contributed by atoms with Gasteiger partial charge in [-0.1, -0.05) is 31.9 Å². The number of alkyl halides is 3. The lowest BCUT2D eigenvalue weighted by atomic mass is 9.92. The maximum atomic E-state index is 12.6. The first kappa shape index (κ1) is 17.6. The second-order valence-electron chi connectivity index (χ2n) is 4.15. The molecular formula is C12H16Cl2F3N. The molecule has 0 aliphatic carbocycles. The molecule has 1 unspecified atom stereocenters. The molecule has 0 aliphatic rings. The molecule has 0 aromatic heterocycles. The summed E-state index contributed by atoms with van der Waals surface area (Å²) in [5, 5.41) is 0.283. The molecule has 0 heterocycles. The Hall–Kier alpha value is -0.450. The predicted molar refractivity (Wildman–Crippen MR) is 70.1 cm³/mol. The fourth-order valence-corrected chi connectivity index (χ4v) is 1.78. The van der Waals surface area contributed by atoms with Crippen LogP contribution in [0.5, 0.6) is 0 Å². The monoisotopic (exact) mass is 301 g/mol. The van der Waals surface area contributed by atoms with E-state index < -0.39 is 17.8 Å². The van der Waals surface area contributed by atoms with Gasteiger partial charge in [-0.3, -0.25) is 0 Å². The number of hydrogen-bond donors (Lipinski definition) is 1. The maximum absolute atomic E-state index is 12.6. The van der Waals surface area contributed by atoms with Crippen LogP contribution in [0.1, 0.15) is 37.4 Å². The van der Waals surface area contributed by atoms with Gasteiger partial charge >= 0.3 is 6.18 Å². The molecular weight excluding hydrogens is 286 g/mol. The Morgan fingerprint density at radius 2 is 1.89 bits per heavy atom. The van der Waals surface area contributed by atoms with E-state index in [4.69, 9.17) is 17.3 Å². The Morgan fingerprint density at radius 1 is 1.33 bits per heavy atom. The van der Waals surface area contributed by atoms with E-state index in [0.29, 0.717) is 5.56 Å². The van der Waals surface area contributed by atoms with Gasteiger partial charge in [-0.15, -0.1) is 12.4 Å². The average Bonchev–Trinajstić information content (AvgIpc) is 2.26. The lowest BCUT2D eigenvalue weighted by Gasteiger charge is -2.21. The zero-order valence-electron chi connectivity index (χ0n) is 10.1. The van der Waals surface area contributed by atoms with Crippen molar-refractivity contribution in [3.8, 4) is 0 Å². The van der Waals surface area contributed by atoms with Crippen molar-refractivity contribution in [2.24, 2.45) is 11.7 Å². The number of halogens is 5. The first-order valence-electron chi connectivity index (χ1n) is 5.39. The van der Waals surface area contributed by atoms with Gasteiger partial charge in [-0.05, 0) is 29.7 Å². The largest absolute Gasteiger partial charge is 0.416 e. The minimum atomic E-state index is -4.37. The van der Waals surface area contributed by atoms with E-state index in [2.05, 4.69) is 0 Å². The Morgan fingerprint density at radius 3 is 2.33 bits per heavy atom. The van der Waals surface area contributed by atoms with Gasteiger partial charge in [0.25, 0.3) is 0 Å². The van der Waals surface area contributed by atoms with Gasteiger partial charge in [-0.25, -0.2) is 0 Å². The summed E-state index contributed by atoms with van der Waals surface area (Å²) < 4.78 is 37.7. The van der Waals surface area contributed by atoms with E-state index in [-0.39, 0.29) is 23.3 Å². The first-order valence-corrected chi connectivity index (χ1v) is 5.77. The summed E-state index contributed by atoms with van der Waals surface area (Å²) in [5.41, 5.74) is 5.56. The summed E-state index contributed by atoms with van der Waals surface area (Å²) >= 11 is 5.89. The van der Waals surface area contributed by atoms with Crippen molar-refractivity contribution in [1.29, 1.82) is 0 Å². The van der Waals surface area contributed by atoms with E-state index >= 15 is 0 Å². The van der Waals surface area contributed by atoms with Gasteiger partial charge in [0.2, 0.25) is 0 Å².